The largest absolute Gasteiger partial charge is 0.444 e. The van der Waals surface area contributed by atoms with E-state index in [1.165, 1.54) is 6.39 Å². The Morgan fingerprint density at radius 1 is 1.10 bits per heavy atom. The summed E-state index contributed by atoms with van der Waals surface area (Å²) in [6.07, 6.45) is 6.05. The molecule has 1 aliphatic carbocycles. The maximum atomic E-state index is 13.2. The van der Waals surface area contributed by atoms with Gasteiger partial charge >= 0.3 is 6.09 Å². The highest BCUT2D eigenvalue weighted by Crippen LogP contribution is 2.33. The van der Waals surface area contributed by atoms with Crippen molar-refractivity contribution in [1.29, 1.82) is 0 Å². The summed E-state index contributed by atoms with van der Waals surface area (Å²) < 4.78 is 10.7. The Balaban J connectivity index is 1.41. The highest BCUT2D eigenvalue weighted by molar-refractivity contribution is 5.93. The maximum Gasteiger partial charge on any atom is 0.410 e. The number of ether oxygens (including phenoxy) is 1. The molecule has 0 unspecified atom stereocenters. The number of carbonyl (C=O) groups excluding carboxylic acids is 2. The molecule has 2 fully saturated rings. The second kappa shape index (κ2) is 8.04. The molecule has 0 atom stereocenters. The van der Waals surface area contributed by atoms with Crippen molar-refractivity contribution in [3.05, 3.63) is 30.4 Å². The summed E-state index contributed by atoms with van der Waals surface area (Å²) in [4.78, 5) is 33.1. The first-order chi connectivity index (χ1) is 14.3. The Morgan fingerprint density at radius 2 is 1.80 bits per heavy atom. The minimum Gasteiger partial charge on any atom is -0.444 e. The molecule has 0 bridgehead atoms. The highest BCUT2D eigenvalue weighted by Gasteiger charge is 2.40. The van der Waals surface area contributed by atoms with Crippen LogP contribution in [0.25, 0.3) is 11.5 Å². The molecule has 0 aromatic carbocycles. The van der Waals surface area contributed by atoms with Crippen LogP contribution in [0.2, 0.25) is 0 Å². The summed E-state index contributed by atoms with van der Waals surface area (Å²) in [6, 6.07) is 3.72. The van der Waals surface area contributed by atoms with Crippen molar-refractivity contribution in [2.24, 2.45) is 0 Å². The summed E-state index contributed by atoms with van der Waals surface area (Å²) in [6.45, 7) is 6.73. The molecule has 0 N–H and O–H groups in total. The molecule has 1 saturated heterocycles. The van der Waals surface area contributed by atoms with E-state index in [1.54, 1.807) is 23.2 Å². The van der Waals surface area contributed by atoms with Crippen LogP contribution < -0.4 is 0 Å². The molecule has 160 valence electrons. The summed E-state index contributed by atoms with van der Waals surface area (Å²) in [5.74, 6) is 0.403. The van der Waals surface area contributed by atoms with Gasteiger partial charge in [0.15, 0.2) is 17.8 Å². The first-order valence-electron chi connectivity index (χ1n) is 10.3. The van der Waals surface area contributed by atoms with E-state index in [0.29, 0.717) is 30.2 Å². The van der Waals surface area contributed by atoms with Gasteiger partial charge in [0.2, 0.25) is 0 Å². The van der Waals surface area contributed by atoms with Gasteiger partial charge in [-0.05, 0) is 58.6 Å². The molecule has 2 amide bonds. The Hall–Kier alpha value is -2.97. The molecule has 2 aromatic heterocycles. The Labute approximate surface area is 175 Å². The maximum absolute atomic E-state index is 13.2. The van der Waals surface area contributed by atoms with Gasteiger partial charge in [-0.2, -0.15) is 0 Å². The zero-order valence-corrected chi connectivity index (χ0v) is 17.6. The number of rotatable bonds is 4. The third kappa shape index (κ3) is 4.60. The SMILES string of the molecule is CC(C)(C)OC(=O)N1CCC(N(C(=O)c2ccc(-c3cnco3)nn2)C2CC2)CC1. The van der Waals surface area contributed by atoms with Crippen molar-refractivity contribution in [3.63, 3.8) is 0 Å². The molecular weight excluding hydrogens is 386 g/mol. The van der Waals surface area contributed by atoms with Crippen molar-refractivity contribution in [2.45, 2.75) is 64.1 Å². The van der Waals surface area contributed by atoms with E-state index in [0.717, 1.165) is 25.7 Å². The van der Waals surface area contributed by atoms with Crippen molar-refractivity contribution in [2.75, 3.05) is 13.1 Å². The summed E-state index contributed by atoms with van der Waals surface area (Å²) in [5.41, 5.74) is 0.341. The van der Waals surface area contributed by atoms with E-state index in [4.69, 9.17) is 9.15 Å². The molecule has 4 rings (SSSR count). The van der Waals surface area contributed by atoms with Gasteiger partial charge in [-0.3, -0.25) is 4.79 Å². The van der Waals surface area contributed by atoms with E-state index in [2.05, 4.69) is 15.2 Å². The van der Waals surface area contributed by atoms with Crippen LogP contribution in [0, 0.1) is 0 Å². The molecule has 9 heteroatoms. The lowest BCUT2D eigenvalue weighted by atomic mass is 10.0. The van der Waals surface area contributed by atoms with E-state index < -0.39 is 5.60 Å². The summed E-state index contributed by atoms with van der Waals surface area (Å²) in [5, 5.41) is 8.25. The van der Waals surface area contributed by atoms with Crippen LogP contribution in [0.4, 0.5) is 4.79 Å². The van der Waals surface area contributed by atoms with Crippen molar-refractivity contribution in [1.82, 2.24) is 25.0 Å². The lowest BCUT2D eigenvalue weighted by molar-refractivity contribution is 0.0141. The van der Waals surface area contributed by atoms with Crippen LogP contribution in [0.1, 0.15) is 56.9 Å². The van der Waals surface area contributed by atoms with E-state index >= 15 is 0 Å². The molecular formula is C21H27N5O4. The van der Waals surface area contributed by atoms with E-state index in [1.807, 2.05) is 25.7 Å². The highest BCUT2D eigenvalue weighted by atomic mass is 16.6. The number of hydrogen-bond donors (Lipinski definition) is 0. The number of oxazole rings is 1. The van der Waals surface area contributed by atoms with Crippen LogP contribution >= 0.6 is 0 Å². The molecule has 9 nitrogen and oxygen atoms in total. The van der Waals surface area contributed by atoms with E-state index in [-0.39, 0.29) is 24.1 Å². The molecule has 0 radical (unpaired) electrons. The van der Waals surface area contributed by atoms with Gasteiger partial charge in [0, 0.05) is 25.2 Å². The Kier molecular flexibility index (Phi) is 5.44. The number of carbonyl (C=O) groups is 2. The Morgan fingerprint density at radius 3 is 2.33 bits per heavy atom. The molecule has 1 saturated carbocycles. The van der Waals surface area contributed by atoms with Crippen LogP contribution in [-0.2, 0) is 4.74 Å². The summed E-state index contributed by atoms with van der Waals surface area (Å²) >= 11 is 0. The van der Waals surface area contributed by atoms with Crippen molar-refractivity contribution >= 4 is 12.0 Å². The minimum atomic E-state index is -0.513. The van der Waals surface area contributed by atoms with Gasteiger partial charge < -0.3 is 19.0 Å². The number of piperidine rings is 1. The quantitative estimate of drug-likeness (QED) is 0.759. The standard InChI is InChI=1S/C21H27N5O4/c1-21(2,3)30-20(28)25-10-8-15(9-11-25)26(14-4-5-14)19(27)17-7-6-16(23-24-17)18-12-22-13-29-18/h6-7,12-15H,4-5,8-11H2,1-3H3. The first-order valence-corrected chi connectivity index (χ1v) is 10.3. The second-order valence-corrected chi connectivity index (χ2v) is 8.81. The third-order valence-electron chi connectivity index (χ3n) is 5.25. The van der Waals surface area contributed by atoms with E-state index in [9.17, 15) is 9.59 Å². The molecule has 2 aromatic rings. The van der Waals surface area contributed by atoms with Gasteiger partial charge in [0.25, 0.3) is 5.91 Å². The number of aromatic nitrogens is 3. The topological polar surface area (TPSA) is 102 Å². The van der Waals surface area contributed by atoms with Crippen LogP contribution in [0.3, 0.4) is 0 Å². The average Bonchev–Trinajstić information content (AvgIpc) is 3.39. The molecule has 2 aliphatic rings. The monoisotopic (exact) mass is 413 g/mol. The van der Waals surface area contributed by atoms with Crippen LogP contribution in [0.5, 0.6) is 0 Å². The first kappa shape index (κ1) is 20.3. The van der Waals surface area contributed by atoms with Gasteiger partial charge in [-0.15, -0.1) is 10.2 Å². The number of amides is 2. The Bertz CT molecular complexity index is 879. The fourth-order valence-electron chi connectivity index (χ4n) is 3.69. The molecule has 1 aliphatic heterocycles. The zero-order chi connectivity index (χ0) is 21.3. The molecule has 0 spiro atoms. The normalized spacial score (nSPS) is 17.6. The number of nitrogens with zero attached hydrogens (tertiary/aromatic N) is 5. The van der Waals surface area contributed by atoms with Crippen molar-refractivity contribution < 1.29 is 18.7 Å². The van der Waals surface area contributed by atoms with Gasteiger partial charge in [-0.1, -0.05) is 0 Å². The minimum absolute atomic E-state index is 0.0828. The average molecular weight is 413 g/mol. The lowest BCUT2D eigenvalue weighted by Gasteiger charge is -2.39. The smallest absolute Gasteiger partial charge is 0.410 e. The fraction of sp³-hybridized carbons (Fsp3) is 0.571. The molecule has 3 heterocycles. The lowest BCUT2D eigenvalue weighted by Crippen LogP contribution is -2.50. The predicted molar refractivity (Wildman–Crippen MR) is 108 cm³/mol. The molecule has 30 heavy (non-hydrogen) atoms. The van der Waals surface area contributed by atoms with Gasteiger partial charge in [0.1, 0.15) is 11.3 Å². The predicted octanol–water partition coefficient (Wildman–Crippen LogP) is 3.14. The van der Waals surface area contributed by atoms with Crippen LogP contribution in [-0.4, -0.2) is 67.8 Å². The number of likely N-dealkylation sites (tertiary alicyclic amines) is 1. The summed E-state index contributed by atoms with van der Waals surface area (Å²) in [7, 11) is 0. The number of hydrogen-bond acceptors (Lipinski definition) is 7. The van der Waals surface area contributed by atoms with Crippen LogP contribution in [0.15, 0.2) is 29.1 Å². The second-order valence-electron chi connectivity index (χ2n) is 8.81. The fourth-order valence-corrected chi connectivity index (χ4v) is 3.69. The van der Waals surface area contributed by atoms with Gasteiger partial charge in [-0.25, -0.2) is 9.78 Å². The van der Waals surface area contributed by atoms with Gasteiger partial charge in [0.05, 0.1) is 6.20 Å². The van der Waals surface area contributed by atoms with Crippen molar-refractivity contribution in [3.8, 4) is 11.5 Å². The third-order valence-corrected chi connectivity index (χ3v) is 5.25. The zero-order valence-electron chi connectivity index (χ0n) is 17.6.